The van der Waals surface area contributed by atoms with Gasteiger partial charge in [0.15, 0.2) is 0 Å². The van der Waals surface area contributed by atoms with E-state index < -0.39 is 17.9 Å². The van der Waals surface area contributed by atoms with Crippen LogP contribution in [0.2, 0.25) is 0 Å². The topological polar surface area (TPSA) is 99.1 Å². The van der Waals surface area contributed by atoms with Crippen LogP contribution in [-0.2, 0) is 28.6 Å². The van der Waals surface area contributed by atoms with Crippen molar-refractivity contribution < 1.29 is 33.7 Å². The zero-order valence-corrected chi connectivity index (χ0v) is 12.6. The predicted molar refractivity (Wildman–Crippen MR) is 77.7 cm³/mol. The molecule has 0 aliphatic carbocycles. The van der Waals surface area contributed by atoms with E-state index in [2.05, 4.69) is 19.7 Å². The highest BCUT2D eigenvalue weighted by molar-refractivity contribution is 5.92. The summed E-state index contributed by atoms with van der Waals surface area (Å²) in [5.41, 5.74) is 0.0502. The normalized spacial score (nSPS) is 9.55. The molecule has 0 aliphatic heterocycles. The summed E-state index contributed by atoms with van der Waals surface area (Å²) in [4.78, 5) is 34.1. The van der Waals surface area contributed by atoms with Gasteiger partial charge < -0.3 is 19.3 Å². The average Bonchev–Trinajstić information content (AvgIpc) is 2.49. The summed E-state index contributed by atoms with van der Waals surface area (Å²) in [6.45, 7) is 10.9. The fourth-order valence-electron chi connectivity index (χ4n) is 0.980. The summed E-state index contributed by atoms with van der Waals surface area (Å²) >= 11 is 0. The van der Waals surface area contributed by atoms with Crippen molar-refractivity contribution in [3.63, 3.8) is 0 Å². The Bertz CT molecular complexity index is 476. The van der Waals surface area contributed by atoms with Crippen LogP contribution in [0.5, 0.6) is 0 Å². The van der Waals surface area contributed by atoms with Crippen molar-refractivity contribution in [3.8, 4) is 0 Å². The second-order valence-electron chi connectivity index (χ2n) is 4.35. The number of hydrogen-bond acceptors (Lipinski definition) is 7. The van der Waals surface area contributed by atoms with Gasteiger partial charge in [0.25, 0.3) is 0 Å². The molecule has 0 aromatic heterocycles. The molecule has 22 heavy (non-hydrogen) atoms. The van der Waals surface area contributed by atoms with Gasteiger partial charge in [-0.2, -0.15) is 0 Å². The third-order valence-corrected chi connectivity index (χ3v) is 2.22. The van der Waals surface area contributed by atoms with Crippen molar-refractivity contribution in [2.24, 2.45) is 0 Å². The standard InChI is InChI=1S/C15H20O7/c1-10(2)13(17)21-8-12(4)15(19)22-9-11(3)14(18)20-7-5-6-16/h16H,1,3-9H2,2H3. The molecule has 0 aromatic carbocycles. The van der Waals surface area contributed by atoms with Crippen molar-refractivity contribution in [1.82, 2.24) is 0 Å². The van der Waals surface area contributed by atoms with Crippen molar-refractivity contribution in [3.05, 3.63) is 36.5 Å². The van der Waals surface area contributed by atoms with E-state index in [1.807, 2.05) is 0 Å². The molecule has 0 atom stereocenters. The van der Waals surface area contributed by atoms with Gasteiger partial charge in [-0.1, -0.05) is 19.7 Å². The van der Waals surface area contributed by atoms with Crippen LogP contribution in [-0.4, -0.2) is 49.4 Å². The van der Waals surface area contributed by atoms with Gasteiger partial charge in [-0.15, -0.1) is 0 Å². The third-order valence-electron chi connectivity index (χ3n) is 2.22. The number of carbonyl (C=O) groups is 3. The van der Waals surface area contributed by atoms with Crippen molar-refractivity contribution >= 4 is 17.9 Å². The number of carbonyl (C=O) groups excluding carboxylic acids is 3. The summed E-state index contributed by atoms with van der Waals surface area (Å²) < 4.78 is 14.3. The maximum Gasteiger partial charge on any atom is 0.337 e. The maximum atomic E-state index is 11.6. The Labute approximate surface area is 128 Å². The van der Waals surface area contributed by atoms with Crippen LogP contribution in [0.15, 0.2) is 36.5 Å². The molecule has 0 amide bonds. The van der Waals surface area contributed by atoms with E-state index in [1.165, 1.54) is 6.92 Å². The molecular weight excluding hydrogens is 292 g/mol. The Hall–Kier alpha value is -2.41. The number of rotatable bonds is 10. The number of esters is 3. The molecule has 1 N–H and O–H groups in total. The van der Waals surface area contributed by atoms with E-state index in [9.17, 15) is 14.4 Å². The lowest BCUT2D eigenvalue weighted by molar-refractivity contribution is -0.143. The van der Waals surface area contributed by atoms with Gasteiger partial charge in [-0.05, 0) is 6.92 Å². The van der Waals surface area contributed by atoms with Crippen LogP contribution in [0.4, 0.5) is 0 Å². The molecule has 0 radical (unpaired) electrons. The van der Waals surface area contributed by atoms with Crippen molar-refractivity contribution in [2.75, 3.05) is 26.4 Å². The van der Waals surface area contributed by atoms with Gasteiger partial charge in [-0.3, -0.25) is 0 Å². The molecule has 122 valence electrons. The molecule has 7 nitrogen and oxygen atoms in total. The van der Waals surface area contributed by atoms with E-state index in [0.29, 0.717) is 6.42 Å². The molecule has 0 saturated carbocycles. The van der Waals surface area contributed by atoms with Crippen LogP contribution < -0.4 is 0 Å². The Morgan fingerprint density at radius 2 is 1.32 bits per heavy atom. The quantitative estimate of drug-likeness (QED) is 0.274. The molecule has 0 bridgehead atoms. The summed E-state index contributed by atoms with van der Waals surface area (Å²) in [5, 5.41) is 8.54. The number of ether oxygens (including phenoxy) is 3. The van der Waals surface area contributed by atoms with Gasteiger partial charge >= 0.3 is 17.9 Å². The molecule has 0 fully saturated rings. The maximum absolute atomic E-state index is 11.6. The SMILES string of the molecule is C=C(C)C(=O)OCC(=C)C(=O)OCC(=C)C(=O)OCCCO. The Morgan fingerprint density at radius 3 is 1.77 bits per heavy atom. The molecule has 0 rings (SSSR count). The van der Waals surface area contributed by atoms with Gasteiger partial charge in [0.2, 0.25) is 0 Å². The Morgan fingerprint density at radius 1 is 0.864 bits per heavy atom. The lowest BCUT2D eigenvalue weighted by atomic mass is 10.3. The first-order valence-electron chi connectivity index (χ1n) is 6.42. The highest BCUT2D eigenvalue weighted by Gasteiger charge is 2.15. The summed E-state index contributed by atoms with van der Waals surface area (Å²) in [7, 11) is 0. The van der Waals surface area contributed by atoms with Gasteiger partial charge in [0, 0.05) is 18.6 Å². The molecule has 7 heteroatoms. The molecule has 0 aliphatic rings. The van der Waals surface area contributed by atoms with Crippen LogP contribution in [0, 0.1) is 0 Å². The van der Waals surface area contributed by atoms with Crippen LogP contribution in [0.1, 0.15) is 13.3 Å². The predicted octanol–water partition coefficient (Wildman–Crippen LogP) is 0.687. The highest BCUT2D eigenvalue weighted by Crippen LogP contribution is 2.03. The first kappa shape index (κ1) is 19.6. The molecule has 0 aromatic rings. The Kier molecular flexibility index (Phi) is 9.20. The Balaban J connectivity index is 4.08. The fourth-order valence-corrected chi connectivity index (χ4v) is 0.980. The van der Waals surface area contributed by atoms with Gasteiger partial charge in [-0.25, -0.2) is 14.4 Å². The molecule has 0 saturated heterocycles. The minimum Gasteiger partial charge on any atom is -0.462 e. The monoisotopic (exact) mass is 312 g/mol. The smallest absolute Gasteiger partial charge is 0.337 e. The summed E-state index contributed by atoms with van der Waals surface area (Å²) in [6, 6.07) is 0. The third kappa shape index (κ3) is 8.01. The van der Waals surface area contributed by atoms with Gasteiger partial charge in [0.1, 0.15) is 13.2 Å². The summed E-state index contributed by atoms with van der Waals surface area (Å²) in [6.07, 6.45) is 0.309. The molecular formula is C15H20O7. The first-order valence-corrected chi connectivity index (χ1v) is 6.42. The average molecular weight is 312 g/mol. The number of aliphatic hydroxyl groups excluding tert-OH is 1. The summed E-state index contributed by atoms with van der Waals surface area (Å²) in [5.74, 6) is -2.19. The van der Waals surface area contributed by atoms with E-state index in [4.69, 9.17) is 19.3 Å². The van der Waals surface area contributed by atoms with Crippen molar-refractivity contribution in [2.45, 2.75) is 13.3 Å². The van der Waals surface area contributed by atoms with E-state index in [0.717, 1.165) is 0 Å². The van der Waals surface area contributed by atoms with Crippen molar-refractivity contribution in [1.29, 1.82) is 0 Å². The number of aliphatic hydroxyl groups is 1. The van der Waals surface area contributed by atoms with E-state index in [1.54, 1.807) is 0 Å². The number of hydrogen-bond donors (Lipinski definition) is 1. The lowest BCUT2D eigenvalue weighted by Crippen LogP contribution is -2.18. The minimum atomic E-state index is -0.821. The van der Waals surface area contributed by atoms with Gasteiger partial charge in [0.05, 0.1) is 17.8 Å². The zero-order chi connectivity index (χ0) is 17.1. The van der Waals surface area contributed by atoms with Crippen LogP contribution in [0.3, 0.4) is 0 Å². The zero-order valence-electron chi connectivity index (χ0n) is 12.6. The van der Waals surface area contributed by atoms with E-state index >= 15 is 0 Å². The van der Waals surface area contributed by atoms with Crippen LogP contribution in [0.25, 0.3) is 0 Å². The van der Waals surface area contributed by atoms with Crippen LogP contribution >= 0.6 is 0 Å². The second kappa shape index (κ2) is 10.3. The largest absolute Gasteiger partial charge is 0.462 e. The lowest BCUT2D eigenvalue weighted by Gasteiger charge is -2.09. The molecule has 0 heterocycles. The fraction of sp³-hybridized carbons (Fsp3) is 0.400. The second-order valence-corrected chi connectivity index (χ2v) is 4.35. The first-order chi connectivity index (χ1) is 10.3. The highest BCUT2D eigenvalue weighted by atomic mass is 16.6. The molecule has 0 spiro atoms. The molecule has 0 unspecified atom stereocenters. The minimum absolute atomic E-state index is 0.0475. The van der Waals surface area contributed by atoms with E-state index in [-0.39, 0.29) is 43.1 Å².